The van der Waals surface area contributed by atoms with Crippen LogP contribution < -0.4 is 0 Å². The predicted octanol–water partition coefficient (Wildman–Crippen LogP) is 2.84. The van der Waals surface area contributed by atoms with Gasteiger partial charge >= 0.3 is 0 Å². The highest BCUT2D eigenvalue weighted by molar-refractivity contribution is 7.10. The molecule has 2 fully saturated rings. The van der Waals surface area contributed by atoms with Gasteiger partial charge in [0.1, 0.15) is 6.04 Å². The maximum absolute atomic E-state index is 13.1. The lowest BCUT2D eigenvalue weighted by molar-refractivity contribution is -0.134. The Labute approximate surface area is 144 Å². The molecule has 0 spiro atoms. The standard InChI is InChI=1S/C17H21N3O3S/c1-9-4-5-24-15(9)12-7-13(12)17(21)20-8-11(22-3)6-14(20)16-18-10(2)19-23-16/h4-5,11-14H,6-8H2,1-3H3/t11-,12-,13+,14+/m0/s1. The number of thiophene rings is 1. The Hall–Kier alpha value is -1.73. The summed E-state index contributed by atoms with van der Waals surface area (Å²) in [5, 5.41) is 5.97. The molecule has 0 N–H and O–H groups in total. The van der Waals surface area contributed by atoms with Crippen LogP contribution in [-0.4, -0.2) is 40.7 Å². The molecule has 4 atom stereocenters. The number of hydrogen-bond acceptors (Lipinski definition) is 6. The van der Waals surface area contributed by atoms with E-state index in [0.29, 0.717) is 30.6 Å². The summed E-state index contributed by atoms with van der Waals surface area (Å²) in [6.07, 6.45) is 1.66. The molecule has 0 unspecified atom stereocenters. The molecule has 1 aliphatic heterocycles. The third-order valence-electron chi connectivity index (χ3n) is 5.05. The lowest BCUT2D eigenvalue weighted by atomic mass is 10.1. The molecular formula is C17H21N3O3S. The Kier molecular flexibility index (Phi) is 3.92. The van der Waals surface area contributed by atoms with Gasteiger partial charge in [-0.15, -0.1) is 11.3 Å². The zero-order valence-corrected chi connectivity index (χ0v) is 14.9. The van der Waals surface area contributed by atoms with Gasteiger partial charge in [0.2, 0.25) is 11.8 Å². The molecule has 7 heteroatoms. The minimum absolute atomic E-state index is 0.0202. The van der Waals surface area contributed by atoms with Crippen molar-refractivity contribution in [3.05, 3.63) is 33.6 Å². The van der Waals surface area contributed by atoms with Gasteiger partial charge in [-0.2, -0.15) is 4.98 Å². The molecule has 0 radical (unpaired) electrons. The molecule has 2 aromatic heterocycles. The van der Waals surface area contributed by atoms with E-state index in [0.717, 1.165) is 6.42 Å². The zero-order valence-electron chi connectivity index (χ0n) is 14.1. The van der Waals surface area contributed by atoms with Crippen molar-refractivity contribution in [1.29, 1.82) is 0 Å². The first-order valence-electron chi connectivity index (χ1n) is 8.26. The number of nitrogens with zero attached hydrogens (tertiary/aromatic N) is 3. The molecule has 6 nitrogen and oxygen atoms in total. The van der Waals surface area contributed by atoms with Crippen LogP contribution in [0.4, 0.5) is 0 Å². The summed E-state index contributed by atoms with van der Waals surface area (Å²) in [5.74, 6) is 1.74. The molecule has 2 aliphatic rings. The van der Waals surface area contributed by atoms with Crippen LogP contribution in [0.3, 0.4) is 0 Å². The predicted molar refractivity (Wildman–Crippen MR) is 88.8 cm³/mol. The Balaban J connectivity index is 1.53. The van der Waals surface area contributed by atoms with Gasteiger partial charge in [0.25, 0.3) is 0 Å². The molecule has 2 aromatic rings. The maximum Gasteiger partial charge on any atom is 0.249 e. The topological polar surface area (TPSA) is 68.5 Å². The van der Waals surface area contributed by atoms with E-state index in [9.17, 15) is 4.79 Å². The zero-order chi connectivity index (χ0) is 16.8. The van der Waals surface area contributed by atoms with Crippen molar-refractivity contribution in [3.8, 4) is 0 Å². The van der Waals surface area contributed by atoms with E-state index < -0.39 is 0 Å². The molecule has 128 valence electrons. The highest BCUT2D eigenvalue weighted by Gasteiger charge is 2.50. The van der Waals surface area contributed by atoms with Gasteiger partial charge in [-0.25, -0.2) is 0 Å². The van der Waals surface area contributed by atoms with Gasteiger partial charge in [0.15, 0.2) is 5.82 Å². The van der Waals surface area contributed by atoms with Crippen LogP contribution in [0.2, 0.25) is 0 Å². The summed E-state index contributed by atoms with van der Waals surface area (Å²) in [6, 6.07) is 1.95. The lowest BCUT2D eigenvalue weighted by Crippen LogP contribution is -2.33. The summed E-state index contributed by atoms with van der Waals surface area (Å²) >= 11 is 1.75. The number of amides is 1. The van der Waals surface area contributed by atoms with Crippen LogP contribution in [-0.2, 0) is 9.53 Å². The Morgan fingerprint density at radius 3 is 2.88 bits per heavy atom. The van der Waals surface area contributed by atoms with Gasteiger partial charge in [0.05, 0.1) is 6.10 Å². The fourth-order valence-electron chi connectivity index (χ4n) is 3.63. The minimum Gasteiger partial charge on any atom is -0.380 e. The van der Waals surface area contributed by atoms with E-state index in [1.807, 2.05) is 4.90 Å². The number of aromatic nitrogens is 2. The van der Waals surface area contributed by atoms with Crippen LogP contribution in [0.15, 0.2) is 16.0 Å². The summed E-state index contributed by atoms with van der Waals surface area (Å²) in [5.41, 5.74) is 1.29. The van der Waals surface area contributed by atoms with Crippen molar-refractivity contribution in [1.82, 2.24) is 15.0 Å². The number of methoxy groups -OCH3 is 1. The molecule has 3 heterocycles. The molecule has 4 rings (SSSR count). The maximum atomic E-state index is 13.1. The van der Waals surface area contributed by atoms with E-state index in [1.165, 1.54) is 10.4 Å². The van der Waals surface area contributed by atoms with Crippen LogP contribution in [0.1, 0.15) is 47.0 Å². The highest BCUT2D eigenvalue weighted by atomic mass is 32.1. The highest BCUT2D eigenvalue weighted by Crippen LogP contribution is 2.52. The molecular weight excluding hydrogens is 326 g/mol. The van der Waals surface area contributed by atoms with Gasteiger partial charge in [0, 0.05) is 36.8 Å². The number of likely N-dealkylation sites (tertiary alicyclic amines) is 1. The van der Waals surface area contributed by atoms with E-state index >= 15 is 0 Å². The first-order valence-corrected chi connectivity index (χ1v) is 9.14. The number of carbonyl (C=O) groups excluding carboxylic acids is 1. The van der Waals surface area contributed by atoms with Gasteiger partial charge < -0.3 is 14.2 Å². The monoisotopic (exact) mass is 347 g/mol. The average molecular weight is 347 g/mol. The second-order valence-electron chi connectivity index (χ2n) is 6.70. The van der Waals surface area contributed by atoms with Crippen molar-refractivity contribution < 1.29 is 14.1 Å². The first-order chi connectivity index (χ1) is 11.6. The van der Waals surface area contributed by atoms with Gasteiger partial charge in [-0.1, -0.05) is 5.16 Å². The molecule has 1 aliphatic carbocycles. The average Bonchev–Trinajstić information content (AvgIpc) is 2.92. The molecule has 24 heavy (non-hydrogen) atoms. The SMILES string of the molecule is CO[C@H]1C[C@H](c2nc(C)no2)N(C(=O)[C@@H]2C[C@@H]2c2sccc2C)C1. The molecule has 0 bridgehead atoms. The first kappa shape index (κ1) is 15.8. The Morgan fingerprint density at radius 1 is 1.42 bits per heavy atom. The van der Waals surface area contributed by atoms with Gasteiger partial charge in [-0.05, 0) is 37.3 Å². The van der Waals surface area contributed by atoms with E-state index in [4.69, 9.17) is 9.26 Å². The molecule has 1 saturated heterocycles. The third-order valence-corrected chi connectivity index (χ3v) is 6.20. The van der Waals surface area contributed by atoms with Crippen LogP contribution in [0.25, 0.3) is 0 Å². The fourth-order valence-corrected chi connectivity index (χ4v) is 4.74. The van der Waals surface area contributed by atoms with E-state index in [-0.39, 0.29) is 24.0 Å². The summed E-state index contributed by atoms with van der Waals surface area (Å²) in [6.45, 7) is 4.50. The number of rotatable bonds is 4. The van der Waals surface area contributed by atoms with Crippen molar-refractivity contribution in [2.75, 3.05) is 13.7 Å². The largest absolute Gasteiger partial charge is 0.380 e. The third kappa shape index (κ3) is 2.65. The lowest BCUT2D eigenvalue weighted by Gasteiger charge is -2.21. The van der Waals surface area contributed by atoms with E-state index in [1.54, 1.807) is 25.4 Å². The normalized spacial score (nSPS) is 29.2. The summed E-state index contributed by atoms with van der Waals surface area (Å²) < 4.78 is 10.8. The molecule has 1 amide bonds. The van der Waals surface area contributed by atoms with Crippen molar-refractivity contribution >= 4 is 17.2 Å². The van der Waals surface area contributed by atoms with E-state index in [2.05, 4.69) is 28.5 Å². The second-order valence-corrected chi connectivity index (χ2v) is 7.64. The number of ether oxygens (including phenoxy) is 1. The minimum atomic E-state index is -0.172. The number of carbonyl (C=O) groups is 1. The van der Waals surface area contributed by atoms with Crippen LogP contribution in [0, 0.1) is 19.8 Å². The molecule has 0 aromatic carbocycles. The second kappa shape index (κ2) is 5.97. The smallest absolute Gasteiger partial charge is 0.249 e. The molecule has 1 saturated carbocycles. The quantitative estimate of drug-likeness (QED) is 0.851. The van der Waals surface area contributed by atoms with Crippen molar-refractivity contribution in [2.24, 2.45) is 5.92 Å². The number of aryl methyl sites for hydroxylation is 2. The Morgan fingerprint density at radius 2 is 2.25 bits per heavy atom. The van der Waals surface area contributed by atoms with Crippen LogP contribution in [0.5, 0.6) is 0 Å². The summed E-state index contributed by atoms with van der Waals surface area (Å²) in [4.78, 5) is 20.6. The van der Waals surface area contributed by atoms with Crippen LogP contribution >= 0.6 is 11.3 Å². The fraction of sp³-hybridized carbons (Fsp3) is 0.588. The summed E-state index contributed by atoms with van der Waals surface area (Å²) in [7, 11) is 1.68. The van der Waals surface area contributed by atoms with Crippen molar-refractivity contribution in [3.63, 3.8) is 0 Å². The Bertz CT molecular complexity index is 756. The van der Waals surface area contributed by atoms with Gasteiger partial charge in [-0.3, -0.25) is 4.79 Å². The van der Waals surface area contributed by atoms with Crippen molar-refractivity contribution in [2.45, 2.75) is 44.8 Å². The number of hydrogen-bond donors (Lipinski definition) is 0.